The van der Waals surface area contributed by atoms with Crippen molar-refractivity contribution < 1.29 is 23.6 Å². The summed E-state index contributed by atoms with van der Waals surface area (Å²) in [5.74, 6) is 0.331. The molecule has 10 nitrogen and oxygen atoms in total. The number of carbonyl (C=O) groups is 1. The van der Waals surface area contributed by atoms with E-state index in [0.717, 1.165) is 11.1 Å². The molecule has 0 bridgehead atoms. The predicted octanol–water partition coefficient (Wildman–Crippen LogP) is 2.73. The third-order valence-corrected chi connectivity index (χ3v) is 6.35. The number of hydrogen-bond acceptors (Lipinski definition) is 10. The SMILES string of the molecule is COC(=O)c1cc(Nc2ncc(C)c(N[C@@H]3COCC[C@H]3C#N)n2)cc(C)c1B1OCC(C)(C)CO1. The van der Waals surface area contributed by atoms with Crippen molar-refractivity contribution in [1.82, 2.24) is 9.97 Å². The highest BCUT2D eigenvalue weighted by Crippen LogP contribution is 2.26. The van der Waals surface area contributed by atoms with Crippen LogP contribution in [0.2, 0.25) is 0 Å². The molecule has 2 saturated heterocycles. The van der Waals surface area contributed by atoms with E-state index in [0.29, 0.717) is 61.3 Å². The highest BCUT2D eigenvalue weighted by molar-refractivity contribution is 6.63. The number of esters is 1. The first-order valence-electron chi connectivity index (χ1n) is 12.0. The monoisotopic (exact) mass is 493 g/mol. The molecule has 2 aromatic rings. The van der Waals surface area contributed by atoms with Crippen LogP contribution in [-0.2, 0) is 18.8 Å². The molecule has 2 N–H and O–H groups in total. The normalized spacial score (nSPS) is 21.4. The number of nitrogens with zero attached hydrogens (tertiary/aromatic N) is 3. The number of benzene rings is 1. The summed E-state index contributed by atoms with van der Waals surface area (Å²) in [5, 5.41) is 16.0. The molecule has 36 heavy (non-hydrogen) atoms. The van der Waals surface area contributed by atoms with E-state index >= 15 is 0 Å². The fourth-order valence-electron chi connectivity index (χ4n) is 4.31. The Morgan fingerprint density at radius 2 is 2.00 bits per heavy atom. The van der Waals surface area contributed by atoms with Crippen LogP contribution >= 0.6 is 0 Å². The van der Waals surface area contributed by atoms with E-state index in [4.69, 9.17) is 18.8 Å². The molecule has 4 rings (SSSR count). The van der Waals surface area contributed by atoms with Crippen LogP contribution in [0, 0.1) is 36.5 Å². The molecule has 0 spiro atoms. The summed E-state index contributed by atoms with van der Waals surface area (Å²) in [4.78, 5) is 21.7. The summed E-state index contributed by atoms with van der Waals surface area (Å²) in [5.41, 5.74) is 3.19. The molecule has 0 aliphatic carbocycles. The molecule has 2 fully saturated rings. The molecule has 2 aliphatic rings. The van der Waals surface area contributed by atoms with E-state index in [1.807, 2.05) is 19.9 Å². The zero-order valence-corrected chi connectivity index (χ0v) is 21.4. The minimum atomic E-state index is -0.654. The van der Waals surface area contributed by atoms with Crippen molar-refractivity contribution in [3.05, 3.63) is 35.0 Å². The molecule has 0 amide bonds. The first-order valence-corrected chi connectivity index (χ1v) is 12.0. The molecule has 0 unspecified atom stereocenters. The Labute approximate surface area is 211 Å². The zero-order valence-electron chi connectivity index (χ0n) is 21.4. The highest BCUT2D eigenvalue weighted by atomic mass is 16.6. The second-order valence-corrected chi connectivity index (χ2v) is 10.1. The minimum absolute atomic E-state index is 0.0944. The van der Waals surface area contributed by atoms with Gasteiger partial charge in [-0.3, -0.25) is 0 Å². The molecule has 1 aromatic carbocycles. The van der Waals surface area contributed by atoms with Gasteiger partial charge in [-0.2, -0.15) is 10.2 Å². The molecular formula is C25H32BN5O5. The van der Waals surface area contributed by atoms with Gasteiger partial charge >= 0.3 is 13.1 Å². The lowest BCUT2D eigenvalue weighted by Crippen LogP contribution is -2.50. The topological polar surface area (TPSA) is 128 Å². The van der Waals surface area contributed by atoms with Crippen LogP contribution in [-0.4, -0.2) is 62.6 Å². The fourth-order valence-corrected chi connectivity index (χ4v) is 4.31. The van der Waals surface area contributed by atoms with Crippen LogP contribution in [0.4, 0.5) is 17.5 Å². The maximum atomic E-state index is 12.7. The number of nitrogens with one attached hydrogen (secondary N) is 2. The van der Waals surface area contributed by atoms with Crippen LogP contribution in [0.1, 0.15) is 41.8 Å². The number of carbonyl (C=O) groups excluding carboxylic acids is 1. The number of methoxy groups -OCH3 is 1. The van der Waals surface area contributed by atoms with Crippen molar-refractivity contribution >= 4 is 36.0 Å². The van der Waals surface area contributed by atoms with E-state index in [9.17, 15) is 10.1 Å². The van der Waals surface area contributed by atoms with E-state index in [2.05, 4.69) is 40.5 Å². The lowest BCUT2D eigenvalue weighted by molar-refractivity contribution is 0.0339. The first kappa shape index (κ1) is 25.9. The molecule has 0 saturated carbocycles. The predicted molar refractivity (Wildman–Crippen MR) is 136 cm³/mol. The number of aryl methyl sites for hydroxylation is 2. The van der Waals surface area contributed by atoms with Crippen molar-refractivity contribution in [2.75, 3.05) is 44.2 Å². The molecular weight excluding hydrogens is 461 g/mol. The number of hydrogen-bond donors (Lipinski definition) is 2. The third kappa shape index (κ3) is 5.78. The summed E-state index contributed by atoms with van der Waals surface area (Å²) in [7, 11) is 0.691. The number of rotatable bonds is 6. The standard InChI is InChI=1S/C25H32BN5O5/c1-15-8-18(9-19(23(32)33-5)21(15)26-35-13-25(3,4)14-36-26)29-24-28-11-16(2)22(31-24)30-20-12-34-7-6-17(20)10-27/h8-9,11,17,20H,6-7,12-14H2,1-5H3,(H2,28,29,30,31)/t17-,20+/m0/s1. The Balaban J connectivity index is 1.59. The summed E-state index contributed by atoms with van der Waals surface area (Å²) in [6, 6.07) is 5.78. The van der Waals surface area contributed by atoms with Crippen LogP contribution in [0.15, 0.2) is 18.3 Å². The Morgan fingerprint density at radius 3 is 2.69 bits per heavy atom. The van der Waals surface area contributed by atoms with Gasteiger partial charge in [0.15, 0.2) is 0 Å². The number of ether oxygens (including phenoxy) is 2. The Kier molecular flexibility index (Phi) is 7.78. The lowest BCUT2D eigenvalue weighted by Gasteiger charge is -2.34. The third-order valence-electron chi connectivity index (χ3n) is 6.35. The van der Waals surface area contributed by atoms with Gasteiger partial charge in [0.1, 0.15) is 5.82 Å². The zero-order chi connectivity index (χ0) is 25.9. The van der Waals surface area contributed by atoms with E-state index in [-0.39, 0.29) is 17.4 Å². The van der Waals surface area contributed by atoms with E-state index in [1.165, 1.54) is 7.11 Å². The van der Waals surface area contributed by atoms with Crippen molar-refractivity contribution in [1.29, 1.82) is 5.26 Å². The Morgan fingerprint density at radius 1 is 1.25 bits per heavy atom. The summed E-state index contributed by atoms with van der Waals surface area (Å²) < 4.78 is 22.5. The average molecular weight is 493 g/mol. The molecule has 11 heteroatoms. The van der Waals surface area contributed by atoms with Crippen LogP contribution in [0.25, 0.3) is 0 Å². The van der Waals surface area contributed by atoms with Crippen molar-refractivity contribution in [3.63, 3.8) is 0 Å². The van der Waals surface area contributed by atoms with Crippen molar-refractivity contribution in [3.8, 4) is 6.07 Å². The van der Waals surface area contributed by atoms with Gasteiger partial charge in [0.05, 0.1) is 37.3 Å². The Hall–Kier alpha value is -3.20. The fraction of sp³-hybridized carbons (Fsp3) is 0.520. The maximum Gasteiger partial charge on any atom is 0.495 e. The minimum Gasteiger partial charge on any atom is -0.465 e. The van der Waals surface area contributed by atoms with Gasteiger partial charge in [0.2, 0.25) is 5.95 Å². The second kappa shape index (κ2) is 10.8. The van der Waals surface area contributed by atoms with Gasteiger partial charge in [0, 0.05) is 42.7 Å². The smallest absolute Gasteiger partial charge is 0.465 e. The van der Waals surface area contributed by atoms with Crippen molar-refractivity contribution in [2.45, 2.75) is 40.2 Å². The number of nitriles is 1. The average Bonchev–Trinajstić information content (AvgIpc) is 2.86. The number of anilines is 3. The summed E-state index contributed by atoms with van der Waals surface area (Å²) >= 11 is 0. The highest BCUT2D eigenvalue weighted by Gasteiger charge is 2.37. The van der Waals surface area contributed by atoms with Gasteiger partial charge < -0.3 is 29.4 Å². The first-order chi connectivity index (χ1) is 17.2. The van der Waals surface area contributed by atoms with Gasteiger partial charge in [-0.05, 0) is 43.4 Å². The summed E-state index contributed by atoms with van der Waals surface area (Å²) in [6.07, 6.45) is 2.38. The Bertz CT molecular complexity index is 1160. The molecule has 2 atom stereocenters. The van der Waals surface area contributed by atoms with Gasteiger partial charge in [-0.1, -0.05) is 13.8 Å². The largest absolute Gasteiger partial charge is 0.495 e. The van der Waals surface area contributed by atoms with Gasteiger partial charge in [0.25, 0.3) is 0 Å². The summed E-state index contributed by atoms with van der Waals surface area (Å²) in [6.45, 7) is 9.99. The van der Waals surface area contributed by atoms with Crippen LogP contribution in [0.3, 0.4) is 0 Å². The van der Waals surface area contributed by atoms with Gasteiger partial charge in [-0.25, -0.2) is 9.78 Å². The molecule has 2 aliphatic heterocycles. The van der Waals surface area contributed by atoms with Gasteiger partial charge in [-0.15, -0.1) is 0 Å². The second-order valence-electron chi connectivity index (χ2n) is 10.1. The maximum absolute atomic E-state index is 12.7. The molecule has 3 heterocycles. The molecule has 190 valence electrons. The molecule has 0 radical (unpaired) electrons. The van der Waals surface area contributed by atoms with Crippen molar-refractivity contribution in [2.24, 2.45) is 11.3 Å². The van der Waals surface area contributed by atoms with Crippen LogP contribution < -0.4 is 16.1 Å². The number of aromatic nitrogens is 2. The molecule has 1 aromatic heterocycles. The lowest BCUT2D eigenvalue weighted by atomic mass is 9.71. The van der Waals surface area contributed by atoms with E-state index in [1.54, 1.807) is 12.3 Å². The quantitative estimate of drug-likeness (QED) is 0.458. The van der Waals surface area contributed by atoms with Crippen LogP contribution in [0.5, 0.6) is 0 Å². The van der Waals surface area contributed by atoms with E-state index < -0.39 is 13.1 Å².